The zero-order valence-electron chi connectivity index (χ0n) is 14.3. The average molecular weight is 369 g/mol. The first-order valence-corrected chi connectivity index (χ1v) is 9.77. The van der Waals surface area contributed by atoms with Gasteiger partial charge in [0.05, 0.1) is 16.5 Å². The lowest BCUT2D eigenvalue weighted by atomic mass is 9.95. The van der Waals surface area contributed by atoms with Crippen LogP contribution in [0.25, 0.3) is 0 Å². The van der Waals surface area contributed by atoms with Crippen LogP contribution in [0.3, 0.4) is 0 Å². The molecular weight excluding hydrogens is 343 g/mol. The minimum atomic E-state index is 0.213. The summed E-state index contributed by atoms with van der Waals surface area (Å²) in [5.74, 6) is 0.213. The van der Waals surface area contributed by atoms with E-state index < -0.39 is 0 Å². The normalized spacial score (nSPS) is 25.2. The Morgan fingerprint density at radius 2 is 1.88 bits per heavy atom. The number of amides is 1. The molecule has 3 nitrogen and oxygen atoms in total. The smallest absolute Gasteiger partial charge is 0.227 e. The first-order chi connectivity index (χ1) is 11.5. The van der Waals surface area contributed by atoms with Gasteiger partial charge in [0.15, 0.2) is 0 Å². The van der Waals surface area contributed by atoms with Crippen molar-refractivity contribution in [1.29, 1.82) is 0 Å². The zero-order valence-corrected chi connectivity index (χ0v) is 15.8. The van der Waals surface area contributed by atoms with Crippen LogP contribution in [0.5, 0.6) is 0 Å². The Labute approximate surface area is 154 Å². The Hall–Kier alpha value is -0.770. The highest BCUT2D eigenvalue weighted by Gasteiger charge is 2.33. The third-order valence-electron chi connectivity index (χ3n) is 5.32. The standard InChI is InChI=1S/C19H26Cl2N2O/c1-14-5-4-6-16(13-22-9-2-3-10-22)23(14)19(24)12-15-7-8-17(20)18(21)11-15/h7-8,11,14,16H,2-6,9-10,12-13H2,1H3/t14-,16+/m1/s1. The summed E-state index contributed by atoms with van der Waals surface area (Å²) in [6.07, 6.45) is 6.42. The summed E-state index contributed by atoms with van der Waals surface area (Å²) < 4.78 is 0. The molecular formula is C19H26Cl2N2O. The van der Waals surface area contributed by atoms with Gasteiger partial charge in [-0.2, -0.15) is 0 Å². The SMILES string of the molecule is C[C@@H]1CCC[C@@H](CN2CCCC2)N1C(=O)Cc1ccc(Cl)c(Cl)c1. The molecule has 1 amide bonds. The molecule has 2 fully saturated rings. The molecule has 0 spiro atoms. The van der Waals surface area contributed by atoms with E-state index in [-0.39, 0.29) is 5.91 Å². The summed E-state index contributed by atoms with van der Waals surface area (Å²) >= 11 is 12.1. The molecule has 2 atom stereocenters. The molecule has 0 N–H and O–H groups in total. The molecule has 0 radical (unpaired) electrons. The lowest BCUT2D eigenvalue weighted by molar-refractivity contribution is -0.137. The Morgan fingerprint density at radius 1 is 1.12 bits per heavy atom. The van der Waals surface area contributed by atoms with E-state index in [1.165, 1.54) is 32.4 Å². The molecule has 2 aliphatic heterocycles. The number of nitrogens with zero attached hydrogens (tertiary/aromatic N) is 2. The summed E-state index contributed by atoms with van der Waals surface area (Å²) in [5, 5.41) is 1.05. The second kappa shape index (κ2) is 8.07. The topological polar surface area (TPSA) is 23.6 Å². The number of rotatable bonds is 4. The molecule has 0 unspecified atom stereocenters. The van der Waals surface area contributed by atoms with Gasteiger partial charge in [-0.25, -0.2) is 0 Å². The van der Waals surface area contributed by atoms with Crippen LogP contribution in [0.4, 0.5) is 0 Å². The van der Waals surface area contributed by atoms with Gasteiger partial charge >= 0.3 is 0 Å². The van der Waals surface area contributed by atoms with Crippen LogP contribution >= 0.6 is 23.2 Å². The van der Waals surface area contributed by atoms with E-state index in [1.807, 2.05) is 12.1 Å². The van der Waals surface area contributed by atoms with Gasteiger partial charge in [0.1, 0.15) is 0 Å². The van der Waals surface area contributed by atoms with Gasteiger partial charge in [-0.1, -0.05) is 29.3 Å². The van der Waals surface area contributed by atoms with Crippen LogP contribution in [0.2, 0.25) is 10.0 Å². The van der Waals surface area contributed by atoms with Gasteiger partial charge in [-0.15, -0.1) is 0 Å². The van der Waals surface area contributed by atoms with Crippen molar-refractivity contribution in [2.75, 3.05) is 19.6 Å². The van der Waals surface area contributed by atoms with E-state index in [1.54, 1.807) is 6.07 Å². The predicted molar refractivity (Wildman–Crippen MR) is 99.8 cm³/mol. The molecule has 24 heavy (non-hydrogen) atoms. The van der Waals surface area contributed by atoms with E-state index >= 15 is 0 Å². The monoisotopic (exact) mass is 368 g/mol. The quantitative estimate of drug-likeness (QED) is 0.785. The van der Waals surface area contributed by atoms with Crippen molar-refractivity contribution in [3.63, 3.8) is 0 Å². The summed E-state index contributed by atoms with van der Waals surface area (Å²) in [4.78, 5) is 17.6. The maximum absolute atomic E-state index is 13.0. The van der Waals surface area contributed by atoms with Crippen LogP contribution < -0.4 is 0 Å². The molecule has 132 valence electrons. The van der Waals surface area contributed by atoms with Gasteiger partial charge in [0.25, 0.3) is 0 Å². The highest BCUT2D eigenvalue weighted by molar-refractivity contribution is 6.42. The number of likely N-dealkylation sites (tertiary alicyclic amines) is 2. The molecule has 2 aliphatic rings. The fraction of sp³-hybridized carbons (Fsp3) is 0.632. The van der Waals surface area contributed by atoms with E-state index in [9.17, 15) is 4.79 Å². The second-order valence-electron chi connectivity index (χ2n) is 7.17. The Morgan fingerprint density at radius 3 is 2.58 bits per heavy atom. The minimum absolute atomic E-state index is 0.213. The Bertz CT molecular complexity index is 587. The summed E-state index contributed by atoms with van der Waals surface area (Å²) in [5.41, 5.74) is 0.937. The number of carbonyl (C=O) groups is 1. The average Bonchev–Trinajstić information content (AvgIpc) is 3.04. The van der Waals surface area contributed by atoms with Gasteiger partial charge in [0, 0.05) is 18.6 Å². The first-order valence-electron chi connectivity index (χ1n) is 9.02. The number of carbonyl (C=O) groups excluding carboxylic acids is 1. The third-order valence-corrected chi connectivity index (χ3v) is 6.06. The number of hydrogen-bond acceptors (Lipinski definition) is 2. The maximum atomic E-state index is 13.0. The van der Waals surface area contributed by atoms with Crippen molar-refractivity contribution in [3.8, 4) is 0 Å². The molecule has 5 heteroatoms. The van der Waals surface area contributed by atoms with E-state index in [4.69, 9.17) is 23.2 Å². The van der Waals surface area contributed by atoms with E-state index in [2.05, 4.69) is 16.7 Å². The van der Waals surface area contributed by atoms with Gasteiger partial charge in [0.2, 0.25) is 5.91 Å². The van der Waals surface area contributed by atoms with E-state index in [0.717, 1.165) is 24.9 Å². The Kier molecular flexibility index (Phi) is 6.07. The van der Waals surface area contributed by atoms with Crippen molar-refractivity contribution >= 4 is 29.1 Å². The predicted octanol–water partition coefficient (Wildman–Crippen LogP) is 4.40. The number of piperidine rings is 1. The van der Waals surface area contributed by atoms with Crippen LogP contribution in [-0.2, 0) is 11.2 Å². The van der Waals surface area contributed by atoms with Gasteiger partial charge in [-0.3, -0.25) is 4.79 Å². The van der Waals surface area contributed by atoms with Crippen LogP contribution in [0.1, 0.15) is 44.6 Å². The number of benzene rings is 1. The lowest BCUT2D eigenvalue weighted by Crippen LogP contribution is -2.53. The molecule has 0 bridgehead atoms. The second-order valence-corrected chi connectivity index (χ2v) is 7.98. The summed E-state index contributed by atoms with van der Waals surface area (Å²) in [6.45, 7) is 5.57. The van der Waals surface area contributed by atoms with Crippen LogP contribution in [-0.4, -0.2) is 47.4 Å². The molecule has 3 rings (SSSR count). The van der Waals surface area contributed by atoms with Crippen molar-refractivity contribution < 1.29 is 4.79 Å². The Balaban J connectivity index is 1.69. The lowest BCUT2D eigenvalue weighted by Gasteiger charge is -2.42. The van der Waals surface area contributed by atoms with E-state index in [0.29, 0.717) is 28.5 Å². The number of halogens is 2. The first kappa shape index (κ1) is 18.0. The molecule has 2 heterocycles. The largest absolute Gasteiger partial charge is 0.335 e. The summed E-state index contributed by atoms with van der Waals surface area (Å²) in [6, 6.07) is 6.15. The molecule has 0 aliphatic carbocycles. The molecule has 2 saturated heterocycles. The molecule has 1 aromatic carbocycles. The summed E-state index contributed by atoms with van der Waals surface area (Å²) in [7, 11) is 0. The van der Waals surface area contributed by atoms with Gasteiger partial charge in [-0.05, 0) is 69.8 Å². The molecule has 0 saturated carbocycles. The van der Waals surface area contributed by atoms with Crippen LogP contribution in [0.15, 0.2) is 18.2 Å². The van der Waals surface area contributed by atoms with Crippen LogP contribution in [0, 0.1) is 0 Å². The molecule has 1 aromatic rings. The number of hydrogen-bond donors (Lipinski definition) is 0. The van der Waals surface area contributed by atoms with Crippen molar-refractivity contribution in [3.05, 3.63) is 33.8 Å². The van der Waals surface area contributed by atoms with Crippen molar-refractivity contribution in [2.45, 2.75) is 57.5 Å². The highest BCUT2D eigenvalue weighted by Crippen LogP contribution is 2.27. The van der Waals surface area contributed by atoms with Crippen molar-refractivity contribution in [1.82, 2.24) is 9.80 Å². The minimum Gasteiger partial charge on any atom is -0.335 e. The highest BCUT2D eigenvalue weighted by atomic mass is 35.5. The maximum Gasteiger partial charge on any atom is 0.227 e. The zero-order chi connectivity index (χ0) is 17.1. The van der Waals surface area contributed by atoms with Gasteiger partial charge < -0.3 is 9.80 Å². The third kappa shape index (κ3) is 4.25. The fourth-order valence-electron chi connectivity index (χ4n) is 4.09. The fourth-order valence-corrected chi connectivity index (χ4v) is 4.42. The van der Waals surface area contributed by atoms with Crippen molar-refractivity contribution in [2.24, 2.45) is 0 Å². The molecule has 0 aromatic heterocycles.